The van der Waals surface area contributed by atoms with Gasteiger partial charge in [0.15, 0.2) is 0 Å². The molecule has 1 aromatic rings. The Morgan fingerprint density at radius 3 is 2.64 bits per heavy atom. The Kier molecular flexibility index (Phi) is 5.77. The Bertz CT molecular complexity index is 515. The standard InChI is InChI=1S/C16H22N2O4/c17-15(19)12-5-7-13(8-6-12)22-11-3-10-18-9-2-1-4-14(18)16(20)21/h5-8,14H,1-4,9-11H2,(H2,17,19)(H,20,21)/t14-/m0/s1. The number of hydrogen-bond donors (Lipinski definition) is 2. The van der Waals surface area contributed by atoms with Crippen LogP contribution in [0.2, 0.25) is 0 Å². The first kappa shape index (κ1) is 16.3. The highest BCUT2D eigenvalue weighted by Crippen LogP contribution is 2.18. The van der Waals surface area contributed by atoms with Crippen LogP contribution in [0.4, 0.5) is 0 Å². The second-order valence-electron chi connectivity index (χ2n) is 5.48. The lowest BCUT2D eigenvalue weighted by Crippen LogP contribution is -2.45. The van der Waals surface area contributed by atoms with Crippen LogP contribution in [-0.4, -0.2) is 47.6 Å². The maximum Gasteiger partial charge on any atom is 0.320 e. The lowest BCUT2D eigenvalue weighted by molar-refractivity contribution is -0.144. The topological polar surface area (TPSA) is 92.9 Å². The predicted octanol–water partition coefficient (Wildman–Crippen LogP) is 1.49. The van der Waals surface area contributed by atoms with Gasteiger partial charge in [0.2, 0.25) is 5.91 Å². The molecule has 6 heteroatoms. The number of carbonyl (C=O) groups is 2. The number of ether oxygens (including phenoxy) is 1. The van der Waals surface area contributed by atoms with Crippen molar-refractivity contribution in [2.24, 2.45) is 5.73 Å². The molecule has 1 atom stereocenters. The number of hydrogen-bond acceptors (Lipinski definition) is 4. The lowest BCUT2D eigenvalue weighted by atomic mass is 10.0. The van der Waals surface area contributed by atoms with Crippen LogP contribution in [-0.2, 0) is 4.79 Å². The number of benzene rings is 1. The summed E-state index contributed by atoms with van der Waals surface area (Å²) < 4.78 is 5.60. The van der Waals surface area contributed by atoms with Gasteiger partial charge in [-0.3, -0.25) is 14.5 Å². The van der Waals surface area contributed by atoms with Gasteiger partial charge in [0.25, 0.3) is 0 Å². The number of primary amides is 1. The fourth-order valence-electron chi connectivity index (χ4n) is 2.71. The van der Waals surface area contributed by atoms with E-state index in [4.69, 9.17) is 10.5 Å². The molecule has 1 amide bonds. The first-order valence-electron chi connectivity index (χ1n) is 7.57. The van der Waals surface area contributed by atoms with E-state index < -0.39 is 11.9 Å². The summed E-state index contributed by atoms with van der Waals surface area (Å²) >= 11 is 0. The molecule has 0 radical (unpaired) electrons. The zero-order valence-corrected chi connectivity index (χ0v) is 12.5. The highest BCUT2D eigenvalue weighted by Gasteiger charge is 2.27. The van der Waals surface area contributed by atoms with Gasteiger partial charge in [-0.25, -0.2) is 0 Å². The molecule has 1 aromatic carbocycles. The van der Waals surface area contributed by atoms with E-state index in [1.54, 1.807) is 24.3 Å². The summed E-state index contributed by atoms with van der Waals surface area (Å²) in [5.41, 5.74) is 5.62. The number of carboxylic acids is 1. The summed E-state index contributed by atoms with van der Waals surface area (Å²) in [7, 11) is 0. The maximum atomic E-state index is 11.2. The molecule has 1 saturated heterocycles. The number of carbonyl (C=O) groups excluding carboxylic acids is 1. The van der Waals surface area contributed by atoms with E-state index in [-0.39, 0.29) is 6.04 Å². The number of likely N-dealkylation sites (tertiary alicyclic amines) is 1. The highest BCUT2D eigenvalue weighted by atomic mass is 16.5. The quantitative estimate of drug-likeness (QED) is 0.745. The minimum Gasteiger partial charge on any atom is -0.494 e. The van der Waals surface area contributed by atoms with E-state index in [2.05, 4.69) is 0 Å². The fraction of sp³-hybridized carbons (Fsp3) is 0.500. The van der Waals surface area contributed by atoms with Crippen LogP contribution in [0.1, 0.15) is 36.0 Å². The van der Waals surface area contributed by atoms with E-state index in [0.717, 1.165) is 38.8 Å². The average molecular weight is 306 g/mol. The molecule has 0 saturated carbocycles. The van der Waals surface area contributed by atoms with Gasteiger partial charge in [0.1, 0.15) is 11.8 Å². The van der Waals surface area contributed by atoms with E-state index in [1.165, 1.54) is 0 Å². The molecule has 120 valence electrons. The molecule has 1 fully saturated rings. The monoisotopic (exact) mass is 306 g/mol. The molecule has 1 heterocycles. The zero-order chi connectivity index (χ0) is 15.9. The fourth-order valence-corrected chi connectivity index (χ4v) is 2.71. The van der Waals surface area contributed by atoms with Gasteiger partial charge in [-0.1, -0.05) is 6.42 Å². The normalized spacial score (nSPS) is 18.8. The van der Waals surface area contributed by atoms with Gasteiger partial charge >= 0.3 is 5.97 Å². The molecule has 0 bridgehead atoms. The molecule has 0 aromatic heterocycles. The Morgan fingerprint density at radius 1 is 1.27 bits per heavy atom. The third kappa shape index (κ3) is 4.46. The molecule has 1 aliphatic rings. The van der Waals surface area contributed by atoms with E-state index in [0.29, 0.717) is 17.9 Å². The average Bonchev–Trinajstić information content (AvgIpc) is 2.52. The molecular weight excluding hydrogens is 284 g/mol. The summed E-state index contributed by atoms with van der Waals surface area (Å²) in [6.07, 6.45) is 3.53. The molecule has 0 unspecified atom stereocenters. The van der Waals surface area contributed by atoms with Crippen molar-refractivity contribution in [2.75, 3.05) is 19.7 Å². The molecule has 0 aliphatic carbocycles. The number of rotatable bonds is 7. The Hall–Kier alpha value is -2.08. The predicted molar refractivity (Wildman–Crippen MR) is 81.9 cm³/mol. The summed E-state index contributed by atoms with van der Waals surface area (Å²) in [6.45, 7) is 2.07. The molecule has 1 aliphatic heterocycles. The van der Waals surface area contributed by atoms with Gasteiger partial charge in [0, 0.05) is 12.1 Å². The molecule has 3 N–H and O–H groups in total. The number of carboxylic acid groups (broad SMARTS) is 1. The maximum absolute atomic E-state index is 11.2. The Labute approximate surface area is 129 Å². The van der Waals surface area contributed by atoms with Gasteiger partial charge in [-0.05, 0) is 50.1 Å². The minimum absolute atomic E-state index is 0.358. The van der Waals surface area contributed by atoms with Crippen molar-refractivity contribution in [2.45, 2.75) is 31.7 Å². The summed E-state index contributed by atoms with van der Waals surface area (Å²) in [4.78, 5) is 24.2. The van der Waals surface area contributed by atoms with Gasteiger partial charge < -0.3 is 15.6 Å². The first-order chi connectivity index (χ1) is 10.6. The van der Waals surface area contributed by atoms with Gasteiger partial charge in [-0.15, -0.1) is 0 Å². The first-order valence-corrected chi connectivity index (χ1v) is 7.57. The lowest BCUT2D eigenvalue weighted by Gasteiger charge is -2.32. The van der Waals surface area contributed by atoms with Crippen LogP contribution in [0.15, 0.2) is 24.3 Å². The molecule has 6 nitrogen and oxygen atoms in total. The number of piperidine rings is 1. The minimum atomic E-state index is -0.734. The van der Waals surface area contributed by atoms with E-state index in [1.807, 2.05) is 4.90 Å². The van der Waals surface area contributed by atoms with Crippen molar-refractivity contribution in [1.29, 1.82) is 0 Å². The van der Waals surface area contributed by atoms with E-state index in [9.17, 15) is 14.7 Å². The molecule has 2 rings (SSSR count). The number of amides is 1. The van der Waals surface area contributed by atoms with E-state index >= 15 is 0 Å². The molecule has 22 heavy (non-hydrogen) atoms. The van der Waals surface area contributed by atoms with Crippen LogP contribution in [0, 0.1) is 0 Å². The second-order valence-corrected chi connectivity index (χ2v) is 5.48. The van der Waals surface area contributed by atoms with Crippen molar-refractivity contribution in [3.63, 3.8) is 0 Å². The van der Waals surface area contributed by atoms with Crippen LogP contribution >= 0.6 is 0 Å². The number of nitrogens with zero attached hydrogens (tertiary/aromatic N) is 1. The van der Waals surface area contributed by atoms with Crippen LogP contribution in [0.5, 0.6) is 5.75 Å². The molecule has 0 spiro atoms. The summed E-state index contributed by atoms with van der Waals surface area (Å²) in [5.74, 6) is -0.516. The van der Waals surface area contributed by atoms with Crippen molar-refractivity contribution >= 4 is 11.9 Å². The number of aliphatic carboxylic acids is 1. The summed E-state index contributed by atoms with van der Waals surface area (Å²) in [6, 6.07) is 6.32. The zero-order valence-electron chi connectivity index (χ0n) is 12.5. The SMILES string of the molecule is NC(=O)c1ccc(OCCCN2CCCC[C@H]2C(=O)O)cc1. The Morgan fingerprint density at radius 2 is 2.00 bits per heavy atom. The third-order valence-electron chi connectivity index (χ3n) is 3.90. The van der Waals surface area contributed by atoms with Crippen LogP contribution < -0.4 is 10.5 Å². The van der Waals surface area contributed by atoms with Gasteiger partial charge in [-0.2, -0.15) is 0 Å². The van der Waals surface area contributed by atoms with Crippen molar-refractivity contribution in [1.82, 2.24) is 4.90 Å². The smallest absolute Gasteiger partial charge is 0.320 e. The number of nitrogens with two attached hydrogens (primary N) is 1. The Balaban J connectivity index is 1.74. The van der Waals surface area contributed by atoms with Gasteiger partial charge in [0.05, 0.1) is 6.61 Å². The van der Waals surface area contributed by atoms with Crippen molar-refractivity contribution in [3.8, 4) is 5.75 Å². The molecular formula is C16H22N2O4. The second kappa shape index (κ2) is 7.79. The van der Waals surface area contributed by atoms with Crippen LogP contribution in [0.25, 0.3) is 0 Å². The third-order valence-corrected chi connectivity index (χ3v) is 3.90. The van der Waals surface area contributed by atoms with Crippen molar-refractivity contribution < 1.29 is 19.4 Å². The van der Waals surface area contributed by atoms with Crippen molar-refractivity contribution in [3.05, 3.63) is 29.8 Å². The largest absolute Gasteiger partial charge is 0.494 e. The summed E-state index contributed by atoms with van der Waals surface area (Å²) in [5, 5.41) is 9.20. The highest BCUT2D eigenvalue weighted by molar-refractivity contribution is 5.92. The van der Waals surface area contributed by atoms with Crippen LogP contribution in [0.3, 0.4) is 0 Å².